The Hall–Kier alpha value is -2.39. The van der Waals surface area contributed by atoms with Crippen molar-refractivity contribution in [3.8, 4) is 24.2 Å². The molecule has 0 heterocycles. The molecule has 16 heavy (non-hydrogen) atoms. The summed E-state index contributed by atoms with van der Waals surface area (Å²) in [7, 11) is 0. The Bertz CT molecular complexity index is 434. The Morgan fingerprint density at radius 2 is 2.12 bits per heavy atom. The van der Waals surface area contributed by atoms with E-state index < -0.39 is 6.09 Å². The highest BCUT2D eigenvalue weighted by atomic mass is 16.5. The Balaban J connectivity index is 2.24. The molecule has 0 radical (unpaired) electrons. The summed E-state index contributed by atoms with van der Waals surface area (Å²) < 4.78 is 4.94. The quantitative estimate of drug-likeness (QED) is 0.773. The molecular formula is C13H11NO2. The number of hydrogen-bond donors (Lipinski definition) is 1. The highest BCUT2D eigenvalue weighted by Crippen LogP contribution is 2.00. The highest BCUT2D eigenvalue weighted by molar-refractivity contribution is 5.67. The fourth-order valence-electron chi connectivity index (χ4n) is 0.986. The van der Waals surface area contributed by atoms with Gasteiger partial charge in [-0.05, 0) is 17.4 Å². The summed E-state index contributed by atoms with van der Waals surface area (Å²) in [6.45, 7) is 0.438. The van der Waals surface area contributed by atoms with Crippen LogP contribution in [0.3, 0.4) is 0 Å². The Kier molecular flexibility index (Phi) is 5.09. The van der Waals surface area contributed by atoms with Gasteiger partial charge in [-0.3, -0.25) is 0 Å². The second-order valence-corrected chi connectivity index (χ2v) is 2.86. The summed E-state index contributed by atoms with van der Waals surface area (Å²) in [5.74, 6) is 7.10. The zero-order chi connectivity index (χ0) is 11.6. The Morgan fingerprint density at radius 1 is 1.38 bits per heavy atom. The maximum Gasteiger partial charge on any atom is 0.408 e. The third-order valence-corrected chi connectivity index (χ3v) is 1.69. The standard InChI is InChI=1S/C13H11NO2/c1-2-3-7-10-14-13(15)16-11-12-8-5-4-6-9-12/h1,4-6,8-9H,10-11H2,(H,14,15). The molecule has 0 aliphatic heterocycles. The predicted octanol–water partition coefficient (Wildman–Crippen LogP) is 1.55. The number of benzene rings is 1. The zero-order valence-corrected chi connectivity index (χ0v) is 8.69. The number of rotatable bonds is 3. The summed E-state index contributed by atoms with van der Waals surface area (Å²) in [5, 5.41) is 2.46. The van der Waals surface area contributed by atoms with Crippen LogP contribution in [0.25, 0.3) is 0 Å². The fraction of sp³-hybridized carbons (Fsp3) is 0.154. The van der Waals surface area contributed by atoms with Crippen LogP contribution in [0.15, 0.2) is 30.3 Å². The predicted molar refractivity (Wildman–Crippen MR) is 61.2 cm³/mol. The van der Waals surface area contributed by atoms with Gasteiger partial charge in [-0.15, -0.1) is 6.42 Å². The van der Waals surface area contributed by atoms with Gasteiger partial charge in [-0.2, -0.15) is 0 Å². The molecule has 0 unspecified atom stereocenters. The molecule has 1 aromatic carbocycles. The normalized spacial score (nSPS) is 8.19. The first-order valence-corrected chi connectivity index (χ1v) is 4.71. The number of terminal acetylenes is 1. The number of carbonyl (C=O) groups is 1. The van der Waals surface area contributed by atoms with Crippen molar-refractivity contribution in [2.24, 2.45) is 0 Å². The monoisotopic (exact) mass is 213 g/mol. The first kappa shape index (κ1) is 11.7. The van der Waals surface area contributed by atoms with E-state index in [9.17, 15) is 4.79 Å². The third kappa shape index (κ3) is 4.74. The van der Waals surface area contributed by atoms with Crippen LogP contribution in [0, 0.1) is 24.2 Å². The Labute approximate surface area is 94.8 Å². The van der Waals surface area contributed by atoms with E-state index in [1.807, 2.05) is 30.3 Å². The molecule has 80 valence electrons. The van der Waals surface area contributed by atoms with Crippen LogP contribution < -0.4 is 5.32 Å². The van der Waals surface area contributed by atoms with Crippen LogP contribution in [0.5, 0.6) is 0 Å². The first-order valence-electron chi connectivity index (χ1n) is 4.71. The van der Waals surface area contributed by atoms with Crippen LogP contribution >= 0.6 is 0 Å². The van der Waals surface area contributed by atoms with Gasteiger partial charge in [0.2, 0.25) is 0 Å². The second-order valence-electron chi connectivity index (χ2n) is 2.86. The average molecular weight is 213 g/mol. The lowest BCUT2D eigenvalue weighted by Gasteiger charge is -2.04. The van der Waals surface area contributed by atoms with Gasteiger partial charge >= 0.3 is 6.09 Å². The molecule has 3 nitrogen and oxygen atoms in total. The number of ether oxygens (including phenoxy) is 1. The van der Waals surface area contributed by atoms with Crippen molar-refractivity contribution in [3.63, 3.8) is 0 Å². The number of nitrogens with one attached hydrogen (secondary N) is 1. The average Bonchev–Trinajstić information content (AvgIpc) is 2.33. The molecule has 0 fully saturated rings. The molecular weight excluding hydrogens is 202 g/mol. The van der Waals surface area contributed by atoms with E-state index in [2.05, 4.69) is 23.1 Å². The summed E-state index contributed by atoms with van der Waals surface area (Å²) in [6.07, 6.45) is 4.41. The van der Waals surface area contributed by atoms with E-state index in [-0.39, 0.29) is 13.2 Å². The molecule has 1 N–H and O–H groups in total. The molecule has 1 aromatic rings. The van der Waals surface area contributed by atoms with Crippen molar-refractivity contribution < 1.29 is 9.53 Å². The summed E-state index contributed by atoms with van der Waals surface area (Å²) in [5.41, 5.74) is 0.937. The first-order chi connectivity index (χ1) is 7.83. The molecule has 0 saturated carbocycles. The van der Waals surface area contributed by atoms with Crippen molar-refractivity contribution in [1.82, 2.24) is 5.32 Å². The van der Waals surface area contributed by atoms with Crippen LogP contribution in [-0.2, 0) is 11.3 Å². The molecule has 0 atom stereocenters. The van der Waals surface area contributed by atoms with Crippen LogP contribution in [0.4, 0.5) is 4.79 Å². The number of alkyl carbamates (subject to hydrolysis) is 1. The third-order valence-electron chi connectivity index (χ3n) is 1.69. The minimum Gasteiger partial charge on any atom is -0.445 e. The lowest BCUT2D eigenvalue weighted by atomic mass is 10.2. The molecule has 1 amide bonds. The lowest BCUT2D eigenvalue weighted by molar-refractivity contribution is 0.141. The second kappa shape index (κ2) is 6.98. The number of amides is 1. The van der Waals surface area contributed by atoms with Gasteiger partial charge in [-0.1, -0.05) is 36.3 Å². The van der Waals surface area contributed by atoms with Crippen molar-refractivity contribution in [1.29, 1.82) is 0 Å². The van der Waals surface area contributed by atoms with E-state index in [0.717, 1.165) is 5.56 Å². The SMILES string of the molecule is C#CC#CCNC(=O)OCc1ccccc1. The van der Waals surface area contributed by atoms with Gasteiger partial charge in [0.15, 0.2) is 0 Å². The molecule has 0 spiro atoms. The summed E-state index contributed by atoms with van der Waals surface area (Å²) in [4.78, 5) is 11.1. The van der Waals surface area contributed by atoms with Gasteiger partial charge in [0, 0.05) is 0 Å². The van der Waals surface area contributed by atoms with Crippen molar-refractivity contribution in [2.45, 2.75) is 6.61 Å². The molecule has 0 aliphatic carbocycles. The van der Waals surface area contributed by atoms with E-state index >= 15 is 0 Å². The largest absolute Gasteiger partial charge is 0.445 e. The number of carbonyl (C=O) groups excluding carboxylic acids is 1. The van der Waals surface area contributed by atoms with Gasteiger partial charge < -0.3 is 10.1 Å². The van der Waals surface area contributed by atoms with Crippen molar-refractivity contribution in [2.75, 3.05) is 6.54 Å². The van der Waals surface area contributed by atoms with E-state index in [4.69, 9.17) is 11.2 Å². The molecule has 0 aliphatic rings. The highest BCUT2D eigenvalue weighted by Gasteiger charge is 1.99. The van der Waals surface area contributed by atoms with Gasteiger partial charge in [0.25, 0.3) is 0 Å². The van der Waals surface area contributed by atoms with Crippen LogP contribution in [0.2, 0.25) is 0 Å². The Morgan fingerprint density at radius 3 is 2.81 bits per heavy atom. The lowest BCUT2D eigenvalue weighted by Crippen LogP contribution is -2.24. The molecule has 0 saturated heterocycles. The van der Waals surface area contributed by atoms with E-state index in [1.165, 1.54) is 0 Å². The fourth-order valence-corrected chi connectivity index (χ4v) is 0.986. The zero-order valence-electron chi connectivity index (χ0n) is 8.69. The van der Waals surface area contributed by atoms with Gasteiger partial charge in [0.1, 0.15) is 6.61 Å². The topological polar surface area (TPSA) is 38.3 Å². The number of hydrogen-bond acceptors (Lipinski definition) is 2. The maximum absolute atomic E-state index is 11.1. The molecule has 1 rings (SSSR count). The van der Waals surface area contributed by atoms with Crippen molar-refractivity contribution >= 4 is 6.09 Å². The maximum atomic E-state index is 11.1. The minimum atomic E-state index is -0.504. The molecule has 0 bridgehead atoms. The van der Waals surface area contributed by atoms with Crippen molar-refractivity contribution in [3.05, 3.63) is 35.9 Å². The van der Waals surface area contributed by atoms with E-state index in [0.29, 0.717) is 0 Å². The summed E-state index contributed by atoms with van der Waals surface area (Å²) in [6, 6.07) is 9.43. The molecule has 0 aromatic heterocycles. The van der Waals surface area contributed by atoms with Gasteiger partial charge in [0.05, 0.1) is 6.54 Å². The van der Waals surface area contributed by atoms with Gasteiger partial charge in [-0.25, -0.2) is 4.79 Å². The molecule has 3 heteroatoms. The van der Waals surface area contributed by atoms with E-state index in [1.54, 1.807) is 0 Å². The van der Waals surface area contributed by atoms with Crippen LogP contribution in [-0.4, -0.2) is 12.6 Å². The minimum absolute atomic E-state index is 0.192. The smallest absolute Gasteiger partial charge is 0.408 e. The van der Waals surface area contributed by atoms with Crippen LogP contribution in [0.1, 0.15) is 5.56 Å². The summed E-state index contributed by atoms with van der Waals surface area (Å²) >= 11 is 0.